The predicted octanol–water partition coefficient (Wildman–Crippen LogP) is 0.503. The Morgan fingerprint density at radius 2 is 1.91 bits per heavy atom. The van der Waals surface area contributed by atoms with Crippen LogP contribution in [-0.2, 0) is 19.1 Å². The van der Waals surface area contributed by atoms with Gasteiger partial charge in [0.2, 0.25) is 0 Å². The number of esters is 2. The van der Waals surface area contributed by atoms with Crippen LogP contribution in [0.4, 0.5) is 0 Å². The van der Waals surface area contributed by atoms with Gasteiger partial charge in [0, 0.05) is 0 Å². The van der Waals surface area contributed by atoms with E-state index >= 15 is 0 Å². The van der Waals surface area contributed by atoms with Gasteiger partial charge in [0.15, 0.2) is 0 Å². The van der Waals surface area contributed by atoms with Gasteiger partial charge in [-0.3, -0.25) is 0 Å². The van der Waals surface area contributed by atoms with Crippen LogP contribution in [-0.4, -0.2) is 25.7 Å². The fourth-order valence-corrected chi connectivity index (χ4v) is 0.451. The van der Waals surface area contributed by atoms with E-state index in [1.807, 2.05) is 6.92 Å². The molecule has 0 N–H and O–H groups in total. The second kappa shape index (κ2) is 5.70. The van der Waals surface area contributed by atoms with Crippen LogP contribution < -0.4 is 0 Å². The van der Waals surface area contributed by atoms with Gasteiger partial charge in [-0.15, -0.1) is 0 Å². The topological polar surface area (TPSA) is 52.6 Å². The Morgan fingerprint density at radius 1 is 1.27 bits per heavy atom. The van der Waals surface area contributed by atoms with E-state index in [-0.39, 0.29) is 6.61 Å². The van der Waals surface area contributed by atoms with Crippen LogP contribution in [0.5, 0.6) is 0 Å². The van der Waals surface area contributed by atoms with Crippen LogP contribution in [0, 0.1) is 0 Å². The first-order chi connectivity index (χ1) is 5.22. The first kappa shape index (κ1) is 9.94. The van der Waals surface area contributed by atoms with E-state index in [0.717, 1.165) is 20.0 Å². The predicted molar refractivity (Wildman–Crippen MR) is 37.9 cm³/mol. The van der Waals surface area contributed by atoms with Crippen molar-refractivity contribution in [1.29, 1.82) is 0 Å². The number of carbonyl (C=O) groups is 2. The minimum absolute atomic E-state index is 0.282. The molecule has 0 radical (unpaired) electrons. The summed E-state index contributed by atoms with van der Waals surface area (Å²) in [5.41, 5.74) is 0. The molecule has 0 aliphatic carbocycles. The third kappa shape index (κ3) is 4.36. The number of carbonyl (C=O) groups excluding carboxylic acids is 2. The van der Waals surface area contributed by atoms with Gasteiger partial charge in [0.25, 0.3) is 0 Å². The van der Waals surface area contributed by atoms with E-state index < -0.39 is 11.9 Å². The molecule has 11 heavy (non-hydrogen) atoms. The third-order valence-corrected chi connectivity index (χ3v) is 1.08. The van der Waals surface area contributed by atoms with E-state index in [9.17, 15) is 9.59 Å². The number of hydrogen-bond acceptors (Lipinski definition) is 4. The second-order valence-corrected chi connectivity index (χ2v) is 1.98. The van der Waals surface area contributed by atoms with Gasteiger partial charge in [-0.2, -0.15) is 0 Å². The van der Waals surface area contributed by atoms with Crippen LogP contribution in [0.3, 0.4) is 0 Å². The summed E-state index contributed by atoms with van der Waals surface area (Å²) in [5, 5.41) is 0. The van der Waals surface area contributed by atoms with Gasteiger partial charge in [0.1, 0.15) is 0 Å². The summed E-state index contributed by atoms with van der Waals surface area (Å²) in [6, 6.07) is 0. The Morgan fingerprint density at radius 3 is 2.36 bits per heavy atom. The lowest BCUT2D eigenvalue weighted by atomic mass is 10.4. The van der Waals surface area contributed by atoms with Crippen molar-refractivity contribution in [3.8, 4) is 0 Å². The minimum Gasteiger partial charge on any atom is -0.461 e. The van der Waals surface area contributed by atoms with Crippen molar-refractivity contribution >= 4 is 11.9 Å². The highest BCUT2D eigenvalue weighted by Gasteiger charge is 2.14. The lowest BCUT2D eigenvalue weighted by Crippen LogP contribution is -2.19. The Balaban J connectivity index is 3.44. The van der Waals surface area contributed by atoms with Crippen molar-refractivity contribution < 1.29 is 19.1 Å². The summed E-state index contributed by atoms with van der Waals surface area (Å²) in [4.78, 5) is 21.0. The summed E-state index contributed by atoms with van der Waals surface area (Å²) in [7, 11) is 1.14. The Bertz CT molecular complexity index is 141. The molecule has 0 bridgehead atoms. The quantitative estimate of drug-likeness (QED) is 0.343. The van der Waals surface area contributed by atoms with Crippen LogP contribution >= 0.6 is 0 Å². The number of hydrogen-bond donors (Lipinski definition) is 0. The average molecular weight is 160 g/mol. The normalized spacial score (nSPS) is 8.91. The molecule has 0 spiro atoms. The number of ether oxygens (including phenoxy) is 2. The van der Waals surface area contributed by atoms with Gasteiger partial charge in [-0.05, 0) is 6.42 Å². The van der Waals surface area contributed by atoms with Gasteiger partial charge >= 0.3 is 11.9 Å². The van der Waals surface area contributed by atoms with Crippen molar-refractivity contribution in [2.75, 3.05) is 13.7 Å². The molecular weight excluding hydrogens is 148 g/mol. The minimum atomic E-state index is -0.943. The van der Waals surface area contributed by atoms with Crippen molar-refractivity contribution in [3.63, 3.8) is 0 Å². The summed E-state index contributed by atoms with van der Waals surface area (Å²) >= 11 is 0. The molecular formula is C7H12O4. The molecule has 0 aromatic heterocycles. The fraction of sp³-hybridized carbons (Fsp3) is 0.714. The molecule has 4 nitrogen and oxygen atoms in total. The molecule has 0 saturated heterocycles. The number of methoxy groups -OCH3 is 1. The zero-order valence-electron chi connectivity index (χ0n) is 6.75. The summed E-state index contributed by atoms with van der Waals surface area (Å²) in [5.74, 6) is -1.86. The Hall–Kier alpha value is -1.06. The molecule has 0 rings (SSSR count). The number of unbranched alkanes of at least 4 members (excludes halogenated alkanes) is 1. The smallest absolute Gasteiger partial charge is 0.417 e. The SMILES string of the molecule is CCCCOC(=O)C(=O)OC. The first-order valence-electron chi connectivity index (χ1n) is 3.47. The number of rotatable bonds is 3. The van der Waals surface area contributed by atoms with Crippen molar-refractivity contribution in [2.45, 2.75) is 19.8 Å². The molecule has 0 atom stereocenters. The largest absolute Gasteiger partial charge is 0.461 e. The first-order valence-corrected chi connectivity index (χ1v) is 3.47. The zero-order chi connectivity index (χ0) is 8.69. The fourth-order valence-electron chi connectivity index (χ4n) is 0.451. The molecule has 4 heteroatoms. The van der Waals surface area contributed by atoms with Crippen molar-refractivity contribution in [2.24, 2.45) is 0 Å². The van der Waals surface area contributed by atoms with E-state index in [1.54, 1.807) is 0 Å². The van der Waals surface area contributed by atoms with Crippen LogP contribution in [0.1, 0.15) is 19.8 Å². The zero-order valence-corrected chi connectivity index (χ0v) is 6.75. The lowest BCUT2D eigenvalue weighted by molar-refractivity contribution is -0.165. The molecule has 0 saturated carbocycles. The van der Waals surface area contributed by atoms with Gasteiger partial charge in [0.05, 0.1) is 13.7 Å². The molecule has 0 aliphatic heterocycles. The van der Waals surface area contributed by atoms with E-state index in [0.29, 0.717) is 0 Å². The highest BCUT2D eigenvalue weighted by atomic mass is 16.6. The Kier molecular flexibility index (Phi) is 5.15. The highest BCUT2D eigenvalue weighted by Crippen LogP contribution is 1.89. The molecule has 0 fully saturated rings. The van der Waals surface area contributed by atoms with E-state index in [1.165, 1.54) is 0 Å². The van der Waals surface area contributed by atoms with Crippen LogP contribution in [0.15, 0.2) is 0 Å². The van der Waals surface area contributed by atoms with Gasteiger partial charge in [-0.1, -0.05) is 13.3 Å². The van der Waals surface area contributed by atoms with E-state index in [4.69, 9.17) is 0 Å². The third-order valence-electron chi connectivity index (χ3n) is 1.08. The maximum atomic E-state index is 10.6. The summed E-state index contributed by atoms with van der Waals surface area (Å²) < 4.78 is 8.65. The standard InChI is InChI=1S/C7H12O4/c1-3-4-5-11-7(9)6(8)10-2/h3-5H2,1-2H3. The maximum Gasteiger partial charge on any atom is 0.417 e. The average Bonchev–Trinajstić information content (AvgIpc) is 2.03. The molecule has 0 aromatic carbocycles. The van der Waals surface area contributed by atoms with Crippen LogP contribution in [0.2, 0.25) is 0 Å². The summed E-state index contributed by atoms with van der Waals surface area (Å²) in [6.45, 7) is 2.25. The Labute approximate surface area is 65.5 Å². The second-order valence-electron chi connectivity index (χ2n) is 1.98. The maximum absolute atomic E-state index is 10.6. The molecule has 0 aliphatic rings. The highest BCUT2D eigenvalue weighted by molar-refractivity contribution is 6.29. The van der Waals surface area contributed by atoms with Crippen molar-refractivity contribution in [3.05, 3.63) is 0 Å². The molecule has 0 heterocycles. The molecule has 0 amide bonds. The molecule has 0 aromatic rings. The molecule has 64 valence electrons. The van der Waals surface area contributed by atoms with Crippen LogP contribution in [0.25, 0.3) is 0 Å². The van der Waals surface area contributed by atoms with Crippen molar-refractivity contribution in [1.82, 2.24) is 0 Å². The van der Waals surface area contributed by atoms with E-state index in [2.05, 4.69) is 9.47 Å². The monoisotopic (exact) mass is 160 g/mol. The summed E-state index contributed by atoms with van der Waals surface area (Å²) in [6.07, 6.45) is 1.69. The van der Waals surface area contributed by atoms with Gasteiger partial charge in [-0.25, -0.2) is 9.59 Å². The lowest BCUT2D eigenvalue weighted by Gasteiger charge is -2.00. The molecule has 0 unspecified atom stereocenters. The van der Waals surface area contributed by atoms with Gasteiger partial charge < -0.3 is 9.47 Å².